The largest absolute Gasteiger partial charge is 0.468 e. The molecule has 2 aromatic carbocycles. The summed E-state index contributed by atoms with van der Waals surface area (Å²) < 4.78 is 10.5. The van der Waals surface area contributed by atoms with Gasteiger partial charge in [0.15, 0.2) is 0 Å². The highest BCUT2D eigenvalue weighted by atomic mass is 35.5. The van der Waals surface area contributed by atoms with E-state index >= 15 is 0 Å². The van der Waals surface area contributed by atoms with Crippen LogP contribution >= 0.6 is 11.6 Å². The lowest BCUT2D eigenvalue weighted by Crippen LogP contribution is -2.27. The molecule has 0 heterocycles. The van der Waals surface area contributed by atoms with Crippen molar-refractivity contribution in [3.05, 3.63) is 59.1 Å². The maximum absolute atomic E-state index is 11.2. The highest BCUT2D eigenvalue weighted by Crippen LogP contribution is 2.28. The zero-order chi connectivity index (χ0) is 17.4. The predicted molar refractivity (Wildman–Crippen MR) is 92.3 cm³/mol. The second kappa shape index (κ2) is 9.27. The van der Waals surface area contributed by atoms with E-state index in [2.05, 4.69) is 4.74 Å². The Morgan fingerprint density at radius 3 is 2.62 bits per heavy atom. The summed E-state index contributed by atoms with van der Waals surface area (Å²) in [7, 11) is 3.03. The van der Waals surface area contributed by atoms with Gasteiger partial charge < -0.3 is 9.47 Å². The smallest absolute Gasteiger partial charge is 0.322 e. The normalized spacial score (nSPS) is 10.7. The Bertz CT molecular complexity index is 663. The first-order chi connectivity index (χ1) is 11.6. The molecule has 0 amide bonds. The molecule has 0 unspecified atom stereocenters. The Balaban J connectivity index is 1.96. The zero-order valence-corrected chi connectivity index (χ0v) is 14.5. The molecule has 6 heteroatoms. The van der Waals surface area contributed by atoms with Crippen LogP contribution in [-0.4, -0.2) is 38.3 Å². The molecule has 0 aliphatic rings. The van der Waals surface area contributed by atoms with Crippen molar-refractivity contribution in [3.63, 3.8) is 0 Å². The molecule has 0 fully saturated rings. The number of carbonyl (C=O) groups is 1. The molecular formula is C18H20ClNO4. The summed E-state index contributed by atoms with van der Waals surface area (Å²) in [6.45, 7) is 0.477. The fourth-order valence-electron chi connectivity index (χ4n) is 2.05. The molecule has 0 saturated carbocycles. The average Bonchev–Trinajstić information content (AvgIpc) is 2.57. The van der Waals surface area contributed by atoms with Crippen LogP contribution in [0.2, 0.25) is 5.02 Å². The quantitative estimate of drug-likeness (QED) is 0.537. The van der Waals surface area contributed by atoms with Gasteiger partial charge in [-0.25, -0.2) is 0 Å². The molecule has 0 atom stereocenters. The second-order valence-corrected chi connectivity index (χ2v) is 5.55. The zero-order valence-electron chi connectivity index (χ0n) is 13.7. The van der Waals surface area contributed by atoms with E-state index in [-0.39, 0.29) is 12.5 Å². The fraction of sp³-hybridized carbons (Fsp3) is 0.278. The molecule has 0 aliphatic carbocycles. The third-order valence-corrected chi connectivity index (χ3v) is 3.50. The number of hydrogen-bond donors (Lipinski definition) is 0. The molecule has 5 nitrogen and oxygen atoms in total. The van der Waals surface area contributed by atoms with Crippen molar-refractivity contribution in [2.24, 2.45) is 0 Å². The minimum atomic E-state index is -0.350. The minimum absolute atomic E-state index is 0.0739. The molecule has 24 heavy (non-hydrogen) atoms. The van der Waals surface area contributed by atoms with E-state index in [1.807, 2.05) is 42.5 Å². The highest BCUT2D eigenvalue weighted by Gasteiger charge is 2.09. The molecule has 0 radical (unpaired) electrons. The lowest BCUT2D eigenvalue weighted by Gasteiger charge is -2.16. The third kappa shape index (κ3) is 5.85. The van der Waals surface area contributed by atoms with E-state index < -0.39 is 0 Å². The first-order valence-electron chi connectivity index (χ1n) is 7.50. The summed E-state index contributed by atoms with van der Waals surface area (Å²) >= 11 is 6.07. The number of hydrogen-bond acceptors (Lipinski definition) is 5. The molecule has 0 N–H and O–H groups in total. The second-order valence-electron chi connectivity index (χ2n) is 5.11. The van der Waals surface area contributed by atoms with Crippen LogP contribution in [0, 0.1) is 0 Å². The van der Waals surface area contributed by atoms with Crippen molar-refractivity contribution >= 4 is 17.6 Å². The summed E-state index contributed by atoms with van der Waals surface area (Å²) in [6.07, 6.45) is 0.616. The van der Waals surface area contributed by atoms with Crippen molar-refractivity contribution in [2.75, 3.05) is 27.3 Å². The van der Waals surface area contributed by atoms with Crippen LogP contribution in [0.4, 0.5) is 0 Å². The predicted octanol–water partition coefficient (Wildman–Crippen LogP) is 3.71. The van der Waals surface area contributed by atoms with Gasteiger partial charge >= 0.3 is 5.97 Å². The van der Waals surface area contributed by atoms with Gasteiger partial charge in [-0.1, -0.05) is 35.9 Å². The van der Waals surface area contributed by atoms with Crippen molar-refractivity contribution in [1.29, 1.82) is 0 Å². The molecule has 0 spiro atoms. The number of nitrogens with zero attached hydrogens (tertiary/aromatic N) is 1. The summed E-state index contributed by atoms with van der Waals surface area (Å²) in [5.74, 6) is 1.08. The number of hydroxylamine groups is 2. The Kier molecular flexibility index (Phi) is 7.06. The standard InChI is InChI=1S/C18H20ClNO4/c1-20(13-18(21)22-2)23-11-10-14-8-9-15(19)12-17(14)24-16-6-4-3-5-7-16/h3-9,12H,10-11,13H2,1-2H3. The van der Waals surface area contributed by atoms with E-state index in [0.29, 0.717) is 23.8 Å². The first-order valence-corrected chi connectivity index (χ1v) is 7.88. The molecule has 2 aromatic rings. The van der Waals surface area contributed by atoms with Crippen molar-refractivity contribution < 1.29 is 19.1 Å². The maximum Gasteiger partial charge on any atom is 0.322 e. The summed E-state index contributed by atoms with van der Waals surface area (Å²) in [4.78, 5) is 16.7. The van der Waals surface area contributed by atoms with E-state index in [1.54, 1.807) is 13.1 Å². The van der Waals surface area contributed by atoms with Gasteiger partial charge in [-0.2, -0.15) is 5.06 Å². The van der Waals surface area contributed by atoms with Gasteiger partial charge in [0.25, 0.3) is 0 Å². The van der Waals surface area contributed by atoms with Gasteiger partial charge in [-0.3, -0.25) is 9.63 Å². The van der Waals surface area contributed by atoms with Crippen molar-refractivity contribution in [2.45, 2.75) is 6.42 Å². The number of methoxy groups -OCH3 is 1. The lowest BCUT2D eigenvalue weighted by atomic mass is 10.1. The van der Waals surface area contributed by atoms with Crippen LogP contribution in [0.3, 0.4) is 0 Å². The van der Waals surface area contributed by atoms with Crippen LogP contribution in [0.1, 0.15) is 5.56 Å². The topological polar surface area (TPSA) is 48.0 Å². The highest BCUT2D eigenvalue weighted by molar-refractivity contribution is 6.30. The Labute approximate surface area is 146 Å². The van der Waals surface area contributed by atoms with Gasteiger partial charge in [0.1, 0.15) is 18.0 Å². The number of para-hydroxylation sites is 1. The summed E-state index contributed by atoms with van der Waals surface area (Å²) in [5, 5.41) is 2.05. The van der Waals surface area contributed by atoms with Crippen LogP contribution in [0.25, 0.3) is 0 Å². The van der Waals surface area contributed by atoms with E-state index in [9.17, 15) is 4.79 Å². The number of benzene rings is 2. The molecular weight excluding hydrogens is 330 g/mol. The maximum atomic E-state index is 11.2. The summed E-state index contributed by atoms with van der Waals surface area (Å²) in [5.41, 5.74) is 0.967. The van der Waals surface area contributed by atoms with Gasteiger partial charge in [-0.15, -0.1) is 0 Å². The average molecular weight is 350 g/mol. The third-order valence-electron chi connectivity index (χ3n) is 3.26. The Morgan fingerprint density at radius 1 is 1.17 bits per heavy atom. The molecule has 0 saturated heterocycles. The molecule has 0 aliphatic heterocycles. The summed E-state index contributed by atoms with van der Waals surface area (Å²) in [6, 6.07) is 15.0. The van der Waals surface area contributed by atoms with E-state index in [1.165, 1.54) is 12.2 Å². The SMILES string of the molecule is COC(=O)CN(C)OCCc1ccc(Cl)cc1Oc1ccccc1. The number of ether oxygens (including phenoxy) is 2. The van der Waals surface area contributed by atoms with Crippen molar-refractivity contribution in [3.8, 4) is 11.5 Å². The number of carbonyl (C=O) groups excluding carboxylic acids is 1. The van der Waals surface area contributed by atoms with Crippen LogP contribution in [0.15, 0.2) is 48.5 Å². The molecule has 0 aromatic heterocycles. The van der Waals surface area contributed by atoms with E-state index in [4.69, 9.17) is 21.2 Å². The number of likely N-dealkylation sites (N-methyl/N-ethyl adjacent to an activating group) is 1. The number of rotatable bonds is 8. The van der Waals surface area contributed by atoms with Crippen LogP contribution < -0.4 is 4.74 Å². The van der Waals surface area contributed by atoms with E-state index in [0.717, 1.165) is 11.3 Å². The van der Waals surface area contributed by atoms with Crippen molar-refractivity contribution in [1.82, 2.24) is 5.06 Å². The first kappa shape index (κ1) is 18.3. The monoisotopic (exact) mass is 349 g/mol. The van der Waals surface area contributed by atoms with Gasteiger partial charge in [0, 0.05) is 18.5 Å². The minimum Gasteiger partial charge on any atom is -0.468 e. The van der Waals surface area contributed by atoms with Gasteiger partial charge in [0.2, 0.25) is 0 Å². The lowest BCUT2D eigenvalue weighted by molar-refractivity contribution is -0.168. The molecule has 2 rings (SSSR count). The van der Waals surface area contributed by atoms with Crippen LogP contribution in [-0.2, 0) is 20.8 Å². The molecule has 128 valence electrons. The fourth-order valence-corrected chi connectivity index (χ4v) is 2.21. The Morgan fingerprint density at radius 2 is 1.92 bits per heavy atom. The number of halogens is 1. The van der Waals surface area contributed by atoms with Gasteiger partial charge in [0.05, 0.1) is 13.7 Å². The number of esters is 1. The van der Waals surface area contributed by atoms with Crippen LogP contribution in [0.5, 0.6) is 11.5 Å². The van der Waals surface area contributed by atoms with Gasteiger partial charge in [-0.05, 0) is 29.8 Å². The molecule has 0 bridgehead atoms. The Hall–Kier alpha value is -2.08.